The van der Waals surface area contributed by atoms with Gasteiger partial charge < -0.3 is 9.64 Å². The maximum atomic E-state index is 5.92. The zero-order valence-corrected chi connectivity index (χ0v) is 12.2. The Bertz CT molecular complexity index is 593. The third kappa shape index (κ3) is 2.51. The summed E-state index contributed by atoms with van der Waals surface area (Å²) in [5.74, 6) is 0.993. The number of para-hydroxylation sites is 2. The van der Waals surface area contributed by atoms with Gasteiger partial charge in [0, 0.05) is 11.7 Å². The first-order valence-corrected chi connectivity index (χ1v) is 7.28. The molecule has 0 amide bonds. The second kappa shape index (κ2) is 5.58. The fourth-order valence-corrected chi connectivity index (χ4v) is 2.94. The van der Waals surface area contributed by atoms with Crippen molar-refractivity contribution in [3.05, 3.63) is 59.7 Å². The lowest BCUT2D eigenvalue weighted by molar-refractivity contribution is 0.319. The number of nitrogens with zero attached hydrogens (tertiary/aromatic N) is 1. The molecular formula is C18H21NO. The van der Waals surface area contributed by atoms with Crippen LogP contribution in [0.1, 0.15) is 18.1 Å². The maximum absolute atomic E-state index is 5.92. The van der Waals surface area contributed by atoms with Gasteiger partial charge in [-0.2, -0.15) is 0 Å². The molecule has 0 aromatic heterocycles. The van der Waals surface area contributed by atoms with Crippen LogP contribution in [-0.2, 0) is 6.42 Å². The highest BCUT2D eigenvalue weighted by atomic mass is 16.5. The molecule has 20 heavy (non-hydrogen) atoms. The quantitative estimate of drug-likeness (QED) is 0.835. The standard InChI is InChI=1S/C18H21NO/c1-14-7-3-6-10-18(14)20-12-11-19-15(2)13-16-8-4-5-9-17(16)19/h3-10,15H,11-13H2,1-2H3. The van der Waals surface area contributed by atoms with E-state index in [1.807, 2.05) is 18.2 Å². The second-order valence-corrected chi connectivity index (χ2v) is 5.49. The molecule has 0 bridgehead atoms. The lowest BCUT2D eigenvalue weighted by Gasteiger charge is -2.25. The van der Waals surface area contributed by atoms with Gasteiger partial charge in [0.05, 0.1) is 6.54 Å². The van der Waals surface area contributed by atoms with Gasteiger partial charge >= 0.3 is 0 Å². The van der Waals surface area contributed by atoms with Crippen LogP contribution in [-0.4, -0.2) is 19.2 Å². The van der Waals surface area contributed by atoms with Crippen LogP contribution in [0.15, 0.2) is 48.5 Å². The van der Waals surface area contributed by atoms with Crippen molar-refractivity contribution in [2.75, 3.05) is 18.1 Å². The van der Waals surface area contributed by atoms with Crippen molar-refractivity contribution in [3.8, 4) is 5.75 Å². The van der Waals surface area contributed by atoms with Crippen LogP contribution < -0.4 is 9.64 Å². The first-order valence-electron chi connectivity index (χ1n) is 7.28. The van der Waals surface area contributed by atoms with Gasteiger partial charge in [-0.3, -0.25) is 0 Å². The van der Waals surface area contributed by atoms with Crippen LogP contribution in [0.5, 0.6) is 5.75 Å². The number of aryl methyl sites for hydroxylation is 1. The zero-order valence-electron chi connectivity index (χ0n) is 12.2. The molecule has 0 N–H and O–H groups in total. The van der Waals surface area contributed by atoms with Gasteiger partial charge in [0.15, 0.2) is 0 Å². The minimum atomic E-state index is 0.563. The average Bonchev–Trinajstić information content (AvgIpc) is 2.77. The van der Waals surface area contributed by atoms with Crippen molar-refractivity contribution in [3.63, 3.8) is 0 Å². The predicted octanol–water partition coefficient (Wildman–Crippen LogP) is 3.83. The molecule has 0 saturated heterocycles. The molecule has 0 aliphatic carbocycles. The van der Waals surface area contributed by atoms with E-state index >= 15 is 0 Å². The number of benzene rings is 2. The first-order chi connectivity index (χ1) is 9.75. The van der Waals surface area contributed by atoms with Gasteiger partial charge in [0.1, 0.15) is 12.4 Å². The van der Waals surface area contributed by atoms with Crippen molar-refractivity contribution >= 4 is 5.69 Å². The molecule has 3 rings (SSSR count). The van der Waals surface area contributed by atoms with Crippen molar-refractivity contribution in [1.29, 1.82) is 0 Å². The predicted molar refractivity (Wildman–Crippen MR) is 83.6 cm³/mol. The van der Waals surface area contributed by atoms with Crippen molar-refractivity contribution in [1.82, 2.24) is 0 Å². The Morgan fingerprint density at radius 2 is 1.85 bits per heavy atom. The van der Waals surface area contributed by atoms with Crippen LogP contribution in [0.2, 0.25) is 0 Å². The monoisotopic (exact) mass is 267 g/mol. The summed E-state index contributed by atoms with van der Waals surface area (Å²) in [4.78, 5) is 2.45. The van der Waals surface area contributed by atoms with Crippen LogP contribution >= 0.6 is 0 Å². The summed E-state index contributed by atoms with van der Waals surface area (Å²) in [5, 5.41) is 0. The number of rotatable bonds is 4. The number of ether oxygens (including phenoxy) is 1. The Hall–Kier alpha value is -1.96. The molecular weight excluding hydrogens is 246 g/mol. The summed E-state index contributed by atoms with van der Waals surface area (Å²) >= 11 is 0. The van der Waals surface area contributed by atoms with Gasteiger partial charge in [-0.1, -0.05) is 36.4 Å². The normalized spacial score (nSPS) is 17.1. The smallest absolute Gasteiger partial charge is 0.122 e. The Kier molecular flexibility index (Phi) is 3.64. The Morgan fingerprint density at radius 1 is 1.10 bits per heavy atom. The third-order valence-electron chi connectivity index (χ3n) is 4.03. The van der Waals surface area contributed by atoms with E-state index in [0.29, 0.717) is 6.04 Å². The van der Waals surface area contributed by atoms with E-state index in [4.69, 9.17) is 4.74 Å². The van der Waals surface area contributed by atoms with E-state index in [2.05, 4.69) is 49.1 Å². The molecule has 1 unspecified atom stereocenters. The zero-order chi connectivity index (χ0) is 13.9. The number of fused-ring (bicyclic) bond motifs is 1. The third-order valence-corrected chi connectivity index (χ3v) is 4.03. The van der Waals surface area contributed by atoms with E-state index in [1.165, 1.54) is 16.8 Å². The molecule has 0 radical (unpaired) electrons. The van der Waals surface area contributed by atoms with Crippen LogP contribution in [0.4, 0.5) is 5.69 Å². The molecule has 1 heterocycles. The molecule has 104 valence electrons. The van der Waals surface area contributed by atoms with Crippen molar-refractivity contribution < 1.29 is 4.74 Å². The van der Waals surface area contributed by atoms with E-state index in [0.717, 1.165) is 25.3 Å². The van der Waals surface area contributed by atoms with Crippen molar-refractivity contribution in [2.24, 2.45) is 0 Å². The van der Waals surface area contributed by atoms with Gasteiger partial charge in [-0.05, 0) is 43.5 Å². The molecule has 0 spiro atoms. The Morgan fingerprint density at radius 3 is 2.70 bits per heavy atom. The molecule has 0 saturated carbocycles. The summed E-state index contributed by atoms with van der Waals surface area (Å²) in [5.41, 5.74) is 4.02. The van der Waals surface area contributed by atoms with E-state index in [-0.39, 0.29) is 0 Å². The SMILES string of the molecule is Cc1ccccc1OCCN1c2ccccc2CC1C. The summed E-state index contributed by atoms with van der Waals surface area (Å²) in [6.45, 7) is 6.03. The fourth-order valence-electron chi connectivity index (χ4n) is 2.94. The molecule has 2 heteroatoms. The molecule has 1 aliphatic rings. The van der Waals surface area contributed by atoms with E-state index < -0.39 is 0 Å². The highest BCUT2D eigenvalue weighted by Crippen LogP contribution is 2.31. The second-order valence-electron chi connectivity index (χ2n) is 5.49. The molecule has 1 atom stereocenters. The topological polar surface area (TPSA) is 12.5 Å². The first kappa shape index (κ1) is 13.0. The van der Waals surface area contributed by atoms with Crippen LogP contribution in [0, 0.1) is 6.92 Å². The molecule has 2 aromatic rings. The van der Waals surface area contributed by atoms with Crippen LogP contribution in [0.3, 0.4) is 0 Å². The Balaban J connectivity index is 1.63. The van der Waals surface area contributed by atoms with E-state index in [9.17, 15) is 0 Å². The van der Waals surface area contributed by atoms with Gasteiger partial charge in [0.25, 0.3) is 0 Å². The van der Waals surface area contributed by atoms with Crippen molar-refractivity contribution in [2.45, 2.75) is 26.3 Å². The molecule has 0 fully saturated rings. The fraction of sp³-hybridized carbons (Fsp3) is 0.333. The minimum Gasteiger partial charge on any atom is -0.491 e. The number of hydrogen-bond donors (Lipinski definition) is 0. The molecule has 2 aromatic carbocycles. The summed E-state index contributed by atoms with van der Waals surface area (Å²) in [6.07, 6.45) is 1.14. The summed E-state index contributed by atoms with van der Waals surface area (Å²) in [6, 6.07) is 17.4. The largest absolute Gasteiger partial charge is 0.491 e. The number of anilines is 1. The van der Waals surface area contributed by atoms with Gasteiger partial charge in [-0.15, -0.1) is 0 Å². The Labute approximate surface area is 121 Å². The highest BCUT2D eigenvalue weighted by Gasteiger charge is 2.24. The lowest BCUT2D eigenvalue weighted by atomic mass is 10.1. The average molecular weight is 267 g/mol. The van der Waals surface area contributed by atoms with Gasteiger partial charge in [0.2, 0.25) is 0 Å². The minimum absolute atomic E-state index is 0.563. The van der Waals surface area contributed by atoms with E-state index in [1.54, 1.807) is 0 Å². The summed E-state index contributed by atoms with van der Waals surface area (Å²) in [7, 11) is 0. The van der Waals surface area contributed by atoms with Gasteiger partial charge in [-0.25, -0.2) is 0 Å². The number of hydrogen-bond acceptors (Lipinski definition) is 2. The summed E-state index contributed by atoms with van der Waals surface area (Å²) < 4.78 is 5.92. The molecule has 1 aliphatic heterocycles. The maximum Gasteiger partial charge on any atom is 0.122 e. The lowest BCUT2D eigenvalue weighted by Crippen LogP contribution is -2.33. The highest BCUT2D eigenvalue weighted by molar-refractivity contribution is 5.59. The van der Waals surface area contributed by atoms with Crippen LogP contribution in [0.25, 0.3) is 0 Å². The molecule has 2 nitrogen and oxygen atoms in total.